The van der Waals surface area contributed by atoms with Gasteiger partial charge in [0.15, 0.2) is 5.96 Å². The summed E-state index contributed by atoms with van der Waals surface area (Å²) in [5.74, 6) is 1.64. The zero-order chi connectivity index (χ0) is 17.3. The summed E-state index contributed by atoms with van der Waals surface area (Å²) in [5.41, 5.74) is 1.13. The number of guanidine groups is 1. The summed E-state index contributed by atoms with van der Waals surface area (Å²) in [7, 11) is 3.43. The van der Waals surface area contributed by atoms with Gasteiger partial charge in [0.1, 0.15) is 5.75 Å². The molecular formula is C18H31N3O2. The maximum Gasteiger partial charge on any atom is 0.191 e. The van der Waals surface area contributed by atoms with Crippen LogP contribution >= 0.6 is 0 Å². The van der Waals surface area contributed by atoms with Crippen molar-refractivity contribution in [2.24, 2.45) is 10.4 Å². The lowest BCUT2D eigenvalue weighted by atomic mass is 9.89. The van der Waals surface area contributed by atoms with E-state index in [1.165, 1.54) is 0 Å². The Morgan fingerprint density at radius 3 is 2.43 bits per heavy atom. The molecule has 1 unspecified atom stereocenters. The van der Waals surface area contributed by atoms with E-state index in [0.29, 0.717) is 13.1 Å². The van der Waals surface area contributed by atoms with Crippen molar-refractivity contribution in [2.45, 2.75) is 40.3 Å². The first-order valence-corrected chi connectivity index (χ1v) is 8.09. The fourth-order valence-electron chi connectivity index (χ4n) is 2.27. The molecule has 0 saturated heterocycles. The molecule has 5 nitrogen and oxygen atoms in total. The largest absolute Gasteiger partial charge is 0.496 e. The van der Waals surface area contributed by atoms with Gasteiger partial charge < -0.3 is 20.1 Å². The van der Waals surface area contributed by atoms with E-state index in [0.717, 1.165) is 23.8 Å². The molecule has 1 atom stereocenters. The van der Waals surface area contributed by atoms with E-state index in [1.807, 2.05) is 24.3 Å². The number of hydrogen-bond donors (Lipinski definition) is 2. The molecule has 0 saturated carbocycles. The molecule has 0 spiro atoms. The van der Waals surface area contributed by atoms with Gasteiger partial charge in [-0.15, -0.1) is 0 Å². The van der Waals surface area contributed by atoms with Crippen LogP contribution in [-0.2, 0) is 11.3 Å². The first-order chi connectivity index (χ1) is 10.9. The van der Waals surface area contributed by atoms with E-state index in [4.69, 9.17) is 9.47 Å². The lowest BCUT2D eigenvalue weighted by Crippen LogP contribution is -2.45. The molecule has 2 N–H and O–H groups in total. The number of hydrogen-bond acceptors (Lipinski definition) is 3. The summed E-state index contributed by atoms with van der Waals surface area (Å²) in [6, 6.07) is 7.93. The molecule has 0 fully saturated rings. The minimum atomic E-state index is 0.0712. The van der Waals surface area contributed by atoms with E-state index in [9.17, 15) is 0 Å². The number of benzene rings is 1. The van der Waals surface area contributed by atoms with Crippen LogP contribution in [0.1, 0.15) is 33.3 Å². The predicted molar refractivity (Wildman–Crippen MR) is 96.1 cm³/mol. The number of nitrogens with zero attached hydrogens (tertiary/aromatic N) is 1. The average molecular weight is 321 g/mol. The molecular weight excluding hydrogens is 290 g/mol. The van der Waals surface area contributed by atoms with E-state index < -0.39 is 0 Å². The van der Waals surface area contributed by atoms with Crippen LogP contribution in [0.25, 0.3) is 0 Å². The van der Waals surface area contributed by atoms with Crippen molar-refractivity contribution >= 4 is 5.96 Å². The van der Waals surface area contributed by atoms with Crippen LogP contribution in [0.15, 0.2) is 29.3 Å². The molecule has 0 bridgehead atoms. The minimum absolute atomic E-state index is 0.0712. The third-order valence-electron chi connectivity index (χ3n) is 3.65. The molecule has 0 amide bonds. The standard InChI is InChI=1S/C18H31N3O2/c1-7-19-17(21-13-16(23-6)18(2,3)4)20-12-14-10-8-9-11-15(14)22-5/h8-11,16H,7,12-13H2,1-6H3,(H2,19,20,21). The van der Waals surface area contributed by atoms with Crippen LogP contribution < -0.4 is 15.4 Å². The van der Waals surface area contributed by atoms with Crippen molar-refractivity contribution in [3.05, 3.63) is 29.8 Å². The number of nitrogens with one attached hydrogen (secondary N) is 2. The van der Waals surface area contributed by atoms with E-state index in [-0.39, 0.29) is 11.5 Å². The molecule has 0 aliphatic heterocycles. The molecule has 23 heavy (non-hydrogen) atoms. The van der Waals surface area contributed by atoms with Crippen molar-refractivity contribution in [1.29, 1.82) is 0 Å². The molecule has 1 rings (SSSR count). The fourth-order valence-corrected chi connectivity index (χ4v) is 2.27. The van der Waals surface area contributed by atoms with Crippen LogP contribution in [-0.4, -0.2) is 39.4 Å². The van der Waals surface area contributed by atoms with Gasteiger partial charge in [-0.2, -0.15) is 0 Å². The second-order valence-corrected chi connectivity index (χ2v) is 6.48. The molecule has 130 valence electrons. The Balaban J connectivity index is 2.73. The quantitative estimate of drug-likeness (QED) is 0.599. The molecule has 1 aromatic rings. The van der Waals surface area contributed by atoms with Crippen LogP contribution in [0.2, 0.25) is 0 Å². The highest BCUT2D eigenvalue weighted by Crippen LogP contribution is 2.21. The summed E-state index contributed by atoms with van der Waals surface area (Å²) in [6.07, 6.45) is 0.109. The van der Waals surface area contributed by atoms with Gasteiger partial charge in [0.2, 0.25) is 0 Å². The number of ether oxygens (including phenoxy) is 2. The predicted octanol–water partition coefficient (Wildman–Crippen LogP) is 2.81. The van der Waals surface area contributed by atoms with Crippen molar-refractivity contribution in [2.75, 3.05) is 27.3 Å². The Labute approximate surface area is 140 Å². The average Bonchev–Trinajstić information content (AvgIpc) is 2.52. The molecule has 1 aromatic carbocycles. The minimum Gasteiger partial charge on any atom is -0.496 e. The highest BCUT2D eigenvalue weighted by Gasteiger charge is 2.24. The Bertz CT molecular complexity index is 495. The van der Waals surface area contributed by atoms with Gasteiger partial charge in [-0.05, 0) is 18.4 Å². The SMILES string of the molecule is CCNC(=NCc1ccccc1OC)NCC(OC)C(C)(C)C. The molecule has 5 heteroatoms. The van der Waals surface area contributed by atoms with Crippen LogP contribution in [0.3, 0.4) is 0 Å². The van der Waals surface area contributed by atoms with Gasteiger partial charge in [-0.1, -0.05) is 39.0 Å². The van der Waals surface area contributed by atoms with Gasteiger partial charge in [0.25, 0.3) is 0 Å². The fraction of sp³-hybridized carbons (Fsp3) is 0.611. The molecule has 0 aliphatic carbocycles. The van der Waals surface area contributed by atoms with Crippen LogP contribution in [0.5, 0.6) is 5.75 Å². The third kappa shape index (κ3) is 6.48. The topological polar surface area (TPSA) is 54.9 Å². The molecule has 0 aliphatic rings. The third-order valence-corrected chi connectivity index (χ3v) is 3.65. The Hall–Kier alpha value is -1.75. The van der Waals surface area contributed by atoms with Gasteiger partial charge in [0.05, 0.1) is 19.8 Å². The smallest absolute Gasteiger partial charge is 0.191 e. The Kier molecular flexibility index (Phi) is 7.89. The Morgan fingerprint density at radius 2 is 1.87 bits per heavy atom. The van der Waals surface area contributed by atoms with Crippen LogP contribution in [0.4, 0.5) is 0 Å². The summed E-state index contributed by atoms with van der Waals surface area (Å²) in [4.78, 5) is 4.64. The van der Waals surface area contributed by atoms with E-state index >= 15 is 0 Å². The van der Waals surface area contributed by atoms with Crippen molar-refractivity contribution in [3.63, 3.8) is 0 Å². The van der Waals surface area contributed by atoms with E-state index in [1.54, 1.807) is 14.2 Å². The van der Waals surface area contributed by atoms with Crippen LogP contribution in [0, 0.1) is 5.41 Å². The highest BCUT2D eigenvalue weighted by atomic mass is 16.5. The Morgan fingerprint density at radius 1 is 1.17 bits per heavy atom. The normalized spacial score (nSPS) is 13.6. The summed E-state index contributed by atoms with van der Waals surface area (Å²) < 4.78 is 10.9. The summed E-state index contributed by atoms with van der Waals surface area (Å²) >= 11 is 0. The number of methoxy groups -OCH3 is 2. The van der Waals surface area contributed by atoms with Gasteiger partial charge in [-0.3, -0.25) is 0 Å². The van der Waals surface area contributed by atoms with Gasteiger partial charge >= 0.3 is 0 Å². The lowest BCUT2D eigenvalue weighted by molar-refractivity contribution is 0.0205. The number of aliphatic imine (C=N–C) groups is 1. The van der Waals surface area contributed by atoms with E-state index in [2.05, 4.69) is 43.3 Å². The van der Waals surface area contributed by atoms with Crippen molar-refractivity contribution in [3.8, 4) is 5.75 Å². The maximum absolute atomic E-state index is 5.58. The summed E-state index contributed by atoms with van der Waals surface area (Å²) in [6.45, 7) is 10.6. The zero-order valence-corrected chi connectivity index (χ0v) is 15.3. The number of para-hydroxylation sites is 1. The maximum atomic E-state index is 5.58. The molecule has 0 radical (unpaired) electrons. The van der Waals surface area contributed by atoms with Gasteiger partial charge in [0, 0.05) is 25.8 Å². The first-order valence-electron chi connectivity index (χ1n) is 8.09. The second-order valence-electron chi connectivity index (χ2n) is 6.48. The van der Waals surface area contributed by atoms with Crippen molar-refractivity contribution < 1.29 is 9.47 Å². The second kappa shape index (κ2) is 9.40. The van der Waals surface area contributed by atoms with Gasteiger partial charge in [-0.25, -0.2) is 4.99 Å². The monoisotopic (exact) mass is 321 g/mol. The lowest BCUT2D eigenvalue weighted by Gasteiger charge is -2.30. The first kappa shape index (κ1) is 19.3. The van der Waals surface area contributed by atoms with Crippen molar-refractivity contribution in [1.82, 2.24) is 10.6 Å². The number of rotatable bonds is 7. The summed E-state index contributed by atoms with van der Waals surface area (Å²) in [5, 5.41) is 6.62. The zero-order valence-electron chi connectivity index (χ0n) is 15.3. The highest BCUT2D eigenvalue weighted by molar-refractivity contribution is 5.79. The molecule has 0 heterocycles. The molecule has 0 aromatic heterocycles.